The van der Waals surface area contributed by atoms with Crippen LogP contribution in [0.4, 0.5) is 11.4 Å². The Morgan fingerprint density at radius 3 is 2.95 bits per heavy atom. The van der Waals surface area contributed by atoms with Crippen molar-refractivity contribution >= 4 is 28.9 Å². The van der Waals surface area contributed by atoms with E-state index in [4.69, 9.17) is 11.6 Å². The van der Waals surface area contributed by atoms with E-state index < -0.39 is 4.92 Å². The molecule has 0 radical (unpaired) electrons. The first-order valence-electron chi connectivity index (χ1n) is 6.18. The Kier molecular flexibility index (Phi) is 4.54. The summed E-state index contributed by atoms with van der Waals surface area (Å²) in [7, 11) is 0. The van der Waals surface area contributed by atoms with Crippen LogP contribution in [-0.4, -0.2) is 20.6 Å². The highest BCUT2D eigenvalue weighted by Crippen LogP contribution is 2.20. The fourth-order valence-corrected chi connectivity index (χ4v) is 1.90. The van der Waals surface area contributed by atoms with E-state index in [0.29, 0.717) is 10.7 Å². The normalized spacial score (nSPS) is 10.4. The number of rotatable bonds is 5. The molecule has 2 rings (SSSR count). The second-order valence-electron chi connectivity index (χ2n) is 4.48. The van der Waals surface area contributed by atoms with Crippen molar-refractivity contribution in [2.24, 2.45) is 0 Å². The fourth-order valence-electron chi connectivity index (χ4n) is 1.73. The summed E-state index contributed by atoms with van der Waals surface area (Å²) >= 11 is 5.88. The molecule has 0 spiro atoms. The number of amides is 1. The molecule has 0 fully saturated rings. The smallest absolute Gasteiger partial charge is 0.306 e. The van der Waals surface area contributed by atoms with Crippen molar-refractivity contribution in [1.82, 2.24) is 9.78 Å². The van der Waals surface area contributed by atoms with E-state index in [0.717, 1.165) is 11.8 Å². The first-order valence-corrected chi connectivity index (χ1v) is 6.56. The van der Waals surface area contributed by atoms with Crippen molar-refractivity contribution in [1.29, 1.82) is 0 Å². The topological polar surface area (TPSA) is 90.1 Å². The minimum Gasteiger partial charge on any atom is -0.326 e. The molecule has 0 saturated carbocycles. The highest BCUT2D eigenvalue weighted by Gasteiger charge is 2.10. The van der Waals surface area contributed by atoms with Gasteiger partial charge in [0.15, 0.2) is 0 Å². The molecule has 2 aromatic rings. The molecule has 21 heavy (non-hydrogen) atoms. The molecule has 0 saturated heterocycles. The number of halogens is 1. The van der Waals surface area contributed by atoms with Crippen LogP contribution in [0.3, 0.4) is 0 Å². The number of nitro groups is 1. The highest BCUT2D eigenvalue weighted by molar-refractivity contribution is 6.31. The number of carbonyl (C=O) groups is 1. The van der Waals surface area contributed by atoms with Crippen molar-refractivity contribution in [2.45, 2.75) is 19.9 Å². The number of hydrogen-bond acceptors (Lipinski definition) is 4. The van der Waals surface area contributed by atoms with Crippen molar-refractivity contribution in [2.75, 3.05) is 5.32 Å². The zero-order valence-corrected chi connectivity index (χ0v) is 12.0. The van der Waals surface area contributed by atoms with Gasteiger partial charge in [-0.15, -0.1) is 0 Å². The van der Waals surface area contributed by atoms with Gasteiger partial charge in [-0.2, -0.15) is 5.10 Å². The molecule has 0 bridgehead atoms. The molecule has 8 heteroatoms. The van der Waals surface area contributed by atoms with Gasteiger partial charge in [0.2, 0.25) is 5.91 Å². The lowest BCUT2D eigenvalue weighted by Gasteiger charge is -2.08. The molecule has 0 atom stereocenters. The molecule has 0 aliphatic carbocycles. The van der Waals surface area contributed by atoms with Gasteiger partial charge in [-0.25, -0.2) is 0 Å². The lowest BCUT2D eigenvalue weighted by atomic mass is 10.2. The van der Waals surface area contributed by atoms with Crippen molar-refractivity contribution in [3.63, 3.8) is 0 Å². The average molecular weight is 309 g/mol. The largest absolute Gasteiger partial charge is 0.326 e. The SMILES string of the molecule is Cc1ccc(Cl)cc1NC(=O)CCn1cc([N+](=O)[O-])cn1. The summed E-state index contributed by atoms with van der Waals surface area (Å²) in [6.07, 6.45) is 2.60. The maximum absolute atomic E-state index is 11.9. The third kappa shape index (κ3) is 4.03. The van der Waals surface area contributed by atoms with E-state index in [1.807, 2.05) is 13.0 Å². The number of nitrogens with zero attached hydrogens (tertiary/aromatic N) is 3. The molecule has 1 heterocycles. The van der Waals surface area contributed by atoms with Crippen molar-refractivity contribution in [3.8, 4) is 0 Å². The number of hydrogen-bond donors (Lipinski definition) is 1. The summed E-state index contributed by atoms with van der Waals surface area (Å²) in [6, 6.07) is 5.23. The van der Waals surface area contributed by atoms with Gasteiger partial charge in [-0.3, -0.25) is 19.6 Å². The minimum atomic E-state index is -0.529. The van der Waals surface area contributed by atoms with Gasteiger partial charge in [0.1, 0.15) is 12.4 Å². The van der Waals surface area contributed by atoms with E-state index in [1.165, 1.54) is 10.9 Å². The molecule has 1 N–H and O–H groups in total. The van der Waals surface area contributed by atoms with Crippen LogP contribution in [0.25, 0.3) is 0 Å². The molecule has 110 valence electrons. The first kappa shape index (κ1) is 15.0. The molecule has 0 unspecified atom stereocenters. The van der Waals surface area contributed by atoms with Gasteiger partial charge in [0.05, 0.1) is 4.92 Å². The minimum absolute atomic E-state index is 0.0962. The third-order valence-electron chi connectivity index (χ3n) is 2.87. The molecular formula is C13H13ClN4O3. The van der Waals surface area contributed by atoms with E-state index in [9.17, 15) is 14.9 Å². The Hall–Kier alpha value is -2.41. The van der Waals surface area contributed by atoms with Gasteiger partial charge in [-0.05, 0) is 24.6 Å². The first-order chi connectivity index (χ1) is 9.95. The number of benzene rings is 1. The maximum atomic E-state index is 11.9. The van der Waals surface area contributed by atoms with Crippen LogP contribution in [0, 0.1) is 17.0 Å². The lowest BCUT2D eigenvalue weighted by Crippen LogP contribution is -2.15. The number of aryl methyl sites for hydroxylation is 2. The van der Waals surface area contributed by atoms with Crippen LogP contribution in [0.15, 0.2) is 30.6 Å². The van der Waals surface area contributed by atoms with Crippen LogP contribution in [0.2, 0.25) is 5.02 Å². The predicted molar refractivity (Wildman–Crippen MR) is 78.3 cm³/mol. The van der Waals surface area contributed by atoms with Crippen molar-refractivity contribution in [3.05, 3.63) is 51.3 Å². The summed E-state index contributed by atoms with van der Waals surface area (Å²) in [5.41, 5.74) is 1.46. The Balaban J connectivity index is 1.92. The van der Waals surface area contributed by atoms with Crippen molar-refractivity contribution < 1.29 is 9.72 Å². The molecule has 1 aromatic heterocycles. The molecule has 0 aliphatic heterocycles. The Morgan fingerprint density at radius 1 is 1.52 bits per heavy atom. The summed E-state index contributed by atoms with van der Waals surface area (Å²) in [5.74, 6) is -0.210. The molecule has 0 aliphatic rings. The maximum Gasteiger partial charge on any atom is 0.306 e. The van der Waals surface area contributed by atoms with Gasteiger partial charge in [-0.1, -0.05) is 17.7 Å². The lowest BCUT2D eigenvalue weighted by molar-refractivity contribution is -0.385. The summed E-state index contributed by atoms with van der Waals surface area (Å²) in [4.78, 5) is 21.9. The summed E-state index contributed by atoms with van der Waals surface area (Å²) < 4.78 is 1.36. The standard InChI is InChI=1S/C13H13ClN4O3/c1-9-2-3-10(14)6-12(9)16-13(19)4-5-17-8-11(7-15-17)18(20)21/h2-3,6-8H,4-5H2,1H3,(H,16,19). The molecule has 1 amide bonds. The van der Waals surface area contributed by atoms with Crippen LogP contribution >= 0.6 is 11.6 Å². The summed E-state index contributed by atoms with van der Waals surface area (Å²) in [5, 5.41) is 17.6. The molecule has 1 aromatic carbocycles. The quantitative estimate of drug-likeness (QED) is 0.679. The average Bonchev–Trinajstić information content (AvgIpc) is 2.90. The van der Waals surface area contributed by atoms with E-state index in [2.05, 4.69) is 10.4 Å². The van der Waals surface area contributed by atoms with Crippen LogP contribution in [0.1, 0.15) is 12.0 Å². The summed E-state index contributed by atoms with van der Waals surface area (Å²) in [6.45, 7) is 2.13. The predicted octanol–water partition coefficient (Wildman–Crippen LogP) is 2.78. The molecule has 7 nitrogen and oxygen atoms in total. The zero-order valence-electron chi connectivity index (χ0n) is 11.2. The Morgan fingerprint density at radius 2 is 2.29 bits per heavy atom. The van der Waals surface area contributed by atoms with E-state index >= 15 is 0 Å². The Labute approximate surface area is 125 Å². The van der Waals surface area contributed by atoms with E-state index in [1.54, 1.807) is 12.1 Å². The number of carbonyl (C=O) groups excluding carboxylic acids is 1. The van der Waals surface area contributed by atoms with Crippen LogP contribution in [0.5, 0.6) is 0 Å². The fraction of sp³-hybridized carbons (Fsp3) is 0.231. The second-order valence-corrected chi connectivity index (χ2v) is 4.91. The zero-order chi connectivity index (χ0) is 15.4. The number of nitrogens with one attached hydrogen (secondary N) is 1. The van der Waals surface area contributed by atoms with Crippen LogP contribution < -0.4 is 5.32 Å². The van der Waals surface area contributed by atoms with Gasteiger partial charge in [0.25, 0.3) is 0 Å². The van der Waals surface area contributed by atoms with Gasteiger partial charge >= 0.3 is 5.69 Å². The molecular weight excluding hydrogens is 296 g/mol. The number of anilines is 1. The number of aromatic nitrogens is 2. The van der Waals surface area contributed by atoms with E-state index in [-0.39, 0.29) is 24.6 Å². The monoisotopic (exact) mass is 308 g/mol. The van der Waals surface area contributed by atoms with Crippen LogP contribution in [-0.2, 0) is 11.3 Å². The van der Waals surface area contributed by atoms with Gasteiger partial charge in [0, 0.05) is 23.7 Å². The second kappa shape index (κ2) is 6.36. The highest BCUT2D eigenvalue weighted by atomic mass is 35.5. The third-order valence-corrected chi connectivity index (χ3v) is 3.11. The Bertz CT molecular complexity index is 684. The van der Waals surface area contributed by atoms with Gasteiger partial charge < -0.3 is 5.32 Å².